The molecule has 1 N–H and O–H groups in total. The summed E-state index contributed by atoms with van der Waals surface area (Å²) in [6.45, 7) is 4.38. The molecule has 7 heteroatoms. The maximum Gasteiger partial charge on any atom is 0.303 e. The van der Waals surface area contributed by atoms with Crippen molar-refractivity contribution in [2.75, 3.05) is 17.8 Å². The van der Waals surface area contributed by atoms with Gasteiger partial charge in [-0.15, -0.1) is 0 Å². The van der Waals surface area contributed by atoms with Gasteiger partial charge in [-0.2, -0.15) is 12.7 Å². The molecule has 0 unspecified atom stereocenters. The minimum absolute atomic E-state index is 0.0874. The Labute approximate surface area is 89.5 Å². The van der Waals surface area contributed by atoms with Gasteiger partial charge in [0.15, 0.2) is 0 Å². The molecule has 0 aliphatic rings. The molecule has 0 saturated carbocycles. The van der Waals surface area contributed by atoms with Gasteiger partial charge in [0.25, 0.3) is 0 Å². The van der Waals surface area contributed by atoms with Crippen LogP contribution >= 0.6 is 0 Å². The van der Waals surface area contributed by atoms with Crippen molar-refractivity contribution in [1.29, 1.82) is 0 Å². The van der Waals surface area contributed by atoms with E-state index in [1.807, 2.05) is 0 Å². The molecule has 1 heterocycles. The quantitative estimate of drug-likeness (QED) is 0.798. The second-order valence-electron chi connectivity index (χ2n) is 2.76. The van der Waals surface area contributed by atoms with Crippen LogP contribution in [0.1, 0.15) is 13.8 Å². The van der Waals surface area contributed by atoms with E-state index in [1.54, 1.807) is 19.9 Å². The van der Waals surface area contributed by atoms with Gasteiger partial charge in [-0.05, 0) is 6.07 Å². The summed E-state index contributed by atoms with van der Waals surface area (Å²) in [6, 6.07) is 1.62. The highest BCUT2D eigenvalue weighted by molar-refractivity contribution is 7.90. The predicted octanol–water partition coefficient (Wildman–Crippen LogP) is 0.475. The van der Waals surface area contributed by atoms with E-state index in [2.05, 4.69) is 14.7 Å². The molecule has 0 amide bonds. The molecular weight excluding hydrogens is 216 g/mol. The molecule has 1 rings (SSSR count). The van der Waals surface area contributed by atoms with Crippen molar-refractivity contribution >= 4 is 16.2 Å². The number of aromatic nitrogens is 2. The van der Waals surface area contributed by atoms with E-state index in [-0.39, 0.29) is 5.95 Å². The van der Waals surface area contributed by atoms with Gasteiger partial charge in [0.2, 0.25) is 5.95 Å². The van der Waals surface area contributed by atoms with Crippen molar-refractivity contribution in [3.05, 3.63) is 18.5 Å². The first-order valence-electron chi connectivity index (χ1n) is 4.65. The molecule has 0 aliphatic heterocycles. The van der Waals surface area contributed by atoms with Crippen LogP contribution in [0.3, 0.4) is 0 Å². The number of anilines is 1. The van der Waals surface area contributed by atoms with Crippen LogP contribution in [-0.4, -0.2) is 35.8 Å². The third-order valence-corrected chi connectivity index (χ3v) is 3.47. The fourth-order valence-corrected chi connectivity index (χ4v) is 2.24. The predicted molar refractivity (Wildman–Crippen MR) is 57.5 cm³/mol. The summed E-state index contributed by atoms with van der Waals surface area (Å²) in [6.07, 6.45) is 2.96. The van der Waals surface area contributed by atoms with Gasteiger partial charge in [0, 0.05) is 25.5 Å². The molecule has 0 bridgehead atoms. The molecular formula is C8H14N4O2S. The zero-order chi connectivity index (χ0) is 11.3. The highest BCUT2D eigenvalue weighted by atomic mass is 32.2. The van der Waals surface area contributed by atoms with Gasteiger partial charge < -0.3 is 0 Å². The smallest absolute Gasteiger partial charge is 0.238 e. The maximum atomic E-state index is 11.7. The summed E-state index contributed by atoms with van der Waals surface area (Å²) in [7, 11) is -3.52. The largest absolute Gasteiger partial charge is 0.303 e. The molecule has 6 nitrogen and oxygen atoms in total. The molecule has 0 saturated heterocycles. The van der Waals surface area contributed by atoms with E-state index in [1.165, 1.54) is 16.7 Å². The summed E-state index contributed by atoms with van der Waals surface area (Å²) in [4.78, 5) is 7.57. The number of hydrogen-bond donors (Lipinski definition) is 1. The van der Waals surface area contributed by atoms with E-state index in [4.69, 9.17) is 0 Å². The number of nitrogens with zero attached hydrogens (tertiary/aromatic N) is 3. The van der Waals surface area contributed by atoms with E-state index in [9.17, 15) is 8.42 Å². The van der Waals surface area contributed by atoms with Crippen LogP contribution in [0.4, 0.5) is 5.95 Å². The first kappa shape index (κ1) is 11.9. The zero-order valence-corrected chi connectivity index (χ0v) is 9.53. The minimum Gasteiger partial charge on any atom is -0.238 e. The van der Waals surface area contributed by atoms with Crippen molar-refractivity contribution in [3.63, 3.8) is 0 Å². The fraction of sp³-hybridized carbons (Fsp3) is 0.500. The normalized spacial score (nSPS) is 11.7. The van der Waals surface area contributed by atoms with Crippen LogP contribution in [0, 0.1) is 0 Å². The van der Waals surface area contributed by atoms with Crippen molar-refractivity contribution in [1.82, 2.24) is 14.3 Å². The topological polar surface area (TPSA) is 75.2 Å². The molecule has 1 aromatic rings. The van der Waals surface area contributed by atoms with Gasteiger partial charge in [-0.1, -0.05) is 13.8 Å². The zero-order valence-electron chi connectivity index (χ0n) is 8.71. The van der Waals surface area contributed by atoms with Crippen molar-refractivity contribution in [2.45, 2.75) is 13.8 Å². The summed E-state index contributed by atoms with van der Waals surface area (Å²) in [5, 5.41) is 0. The van der Waals surface area contributed by atoms with Crippen LogP contribution in [0.15, 0.2) is 18.5 Å². The molecule has 0 aromatic carbocycles. The minimum atomic E-state index is -3.52. The number of rotatable bonds is 5. The molecule has 0 radical (unpaired) electrons. The Kier molecular flexibility index (Phi) is 3.98. The van der Waals surface area contributed by atoms with Gasteiger partial charge in [0.1, 0.15) is 0 Å². The third kappa shape index (κ3) is 3.14. The van der Waals surface area contributed by atoms with E-state index in [0.717, 1.165) is 0 Å². The summed E-state index contributed by atoms with van der Waals surface area (Å²) in [5.74, 6) is 0.0874. The van der Waals surface area contributed by atoms with E-state index >= 15 is 0 Å². The molecule has 1 aromatic heterocycles. The fourth-order valence-electron chi connectivity index (χ4n) is 1.10. The van der Waals surface area contributed by atoms with Crippen LogP contribution in [0.5, 0.6) is 0 Å². The van der Waals surface area contributed by atoms with Crippen LogP contribution in [0.2, 0.25) is 0 Å². The average molecular weight is 230 g/mol. The number of nitrogens with one attached hydrogen (secondary N) is 1. The van der Waals surface area contributed by atoms with E-state index < -0.39 is 10.2 Å². The average Bonchev–Trinajstić information content (AvgIpc) is 2.19. The molecule has 0 fully saturated rings. The molecule has 15 heavy (non-hydrogen) atoms. The Morgan fingerprint density at radius 1 is 1.27 bits per heavy atom. The summed E-state index contributed by atoms with van der Waals surface area (Å²) < 4.78 is 27.0. The van der Waals surface area contributed by atoms with Crippen molar-refractivity contribution in [2.24, 2.45) is 0 Å². The van der Waals surface area contributed by atoms with E-state index in [0.29, 0.717) is 13.1 Å². The van der Waals surface area contributed by atoms with Gasteiger partial charge in [0.05, 0.1) is 0 Å². The van der Waals surface area contributed by atoms with Crippen molar-refractivity contribution in [3.8, 4) is 0 Å². The van der Waals surface area contributed by atoms with Crippen molar-refractivity contribution < 1.29 is 8.42 Å². The first-order valence-corrected chi connectivity index (χ1v) is 6.09. The Morgan fingerprint density at radius 3 is 2.27 bits per heavy atom. The highest BCUT2D eigenvalue weighted by Gasteiger charge is 2.18. The Balaban J connectivity index is 2.81. The molecule has 84 valence electrons. The highest BCUT2D eigenvalue weighted by Crippen LogP contribution is 2.04. The molecule has 0 aliphatic carbocycles. The summed E-state index contributed by atoms with van der Waals surface area (Å²) in [5.41, 5.74) is 0. The molecule has 0 spiro atoms. The van der Waals surface area contributed by atoms with Crippen LogP contribution < -0.4 is 4.72 Å². The van der Waals surface area contributed by atoms with Gasteiger partial charge in [-0.3, -0.25) is 0 Å². The second kappa shape index (κ2) is 5.04. The maximum absolute atomic E-state index is 11.7. The lowest BCUT2D eigenvalue weighted by Crippen LogP contribution is -2.35. The van der Waals surface area contributed by atoms with Gasteiger partial charge in [-0.25, -0.2) is 14.7 Å². The standard InChI is InChI=1S/C8H14N4O2S/c1-3-12(4-2)15(13,14)11-8-9-6-5-7-10-8/h5-7H,3-4H2,1-2H3,(H,9,10,11). The lowest BCUT2D eigenvalue weighted by atomic mass is 10.7. The first-order chi connectivity index (χ1) is 7.10. The van der Waals surface area contributed by atoms with Gasteiger partial charge >= 0.3 is 10.2 Å². The number of hydrogen-bond acceptors (Lipinski definition) is 4. The summed E-state index contributed by atoms with van der Waals surface area (Å²) >= 11 is 0. The molecule has 0 atom stereocenters. The Bertz CT molecular complexity index is 388. The van der Waals surface area contributed by atoms with Crippen LogP contribution in [-0.2, 0) is 10.2 Å². The van der Waals surface area contributed by atoms with Crippen LogP contribution in [0.25, 0.3) is 0 Å². The monoisotopic (exact) mass is 230 g/mol. The second-order valence-corrected chi connectivity index (χ2v) is 4.43. The lowest BCUT2D eigenvalue weighted by Gasteiger charge is -2.18. The third-order valence-electron chi connectivity index (χ3n) is 1.83. The Hall–Kier alpha value is -1.21. The Morgan fingerprint density at radius 2 is 1.80 bits per heavy atom. The SMILES string of the molecule is CCN(CC)S(=O)(=O)Nc1ncccn1. The lowest BCUT2D eigenvalue weighted by molar-refractivity contribution is 0.449.